The minimum absolute atomic E-state index is 0.00141. The zero-order valence-corrected chi connectivity index (χ0v) is 37.2. The van der Waals surface area contributed by atoms with E-state index >= 15 is 0 Å². The van der Waals surface area contributed by atoms with Crippen LogP contribution in [0.25, 0.3) is 0 Å². The number of carbonyl (C=O) groups excluding carboxylic acids is 2. The summed E-state index contributed by atoms with van der Waals surface area (Å²) in [5, 5.41) is 11.1. The second-order valence-corrected chi connectivity index (χ2v) is 16.3. The van der Waals surface area contributed by atoms with Crippen molar-refractivity contribution >= 4 is 17.9 Å². The summed E-state index contributed by atoms with van der Waals surface area (Å²) in [6, 6.07) is 0. The quantitative estimate of drug-likeness (QED) is 0.0156. The van der Waals surface area contributed by atoms with Gasteiger partial charge in [0, 0.05) is 19.4 Å². The van der Waals surface area contributed by atoms with E-state index in [0.29, 0.717) is 26.0 Å². The molecule has 0 saturated carbocycles. The lowest BCUT2D eigenvalue weighted by atomic mass is 10.0. The number of unbranched alkanes of at least 4 members (excludes halogenated alkanes) is 24. The van der Waals surface area contributed by atoms with Gasteiger partial charge in [-0.25, -0.2) is 0 Å². The van der Waals surface area contributed by atoms with Crippen LogP contribution in [0.3, 0.4) is 0 Å². The summed E-state index contributed by atoms with van der Waals surface area (Å²) >= 11 is 0. The molecule has 0 spiro atoms. The van der Waals surface area contributed by atoms with Crippen molar-refractivity contribution in [2.75, 3.05) is 32.8 Å². The highest BCUT2D eigenvalue weighted by molar-refractivity contribution is 5.79. The van der Waals surface area contributed by atoms with E-state index < -0.39 is 0 Å². The van der Waals surface area contributed by atoms with Gasteiger partial charge < -0.3 is 20.1 Å². The number of nitrogens with one attached hydrogen (secondary N) is 1. The Morgan fingerprint density at radius 1 is 0.571 bits per heavy atom. The Labute approximate surface area is 346 Å². The number of hydrogen-bond donors (Lipinski definition) is 2. The van der Waals surface area contributed by atoms with E-state index in [1.54, 1.807) is 0 Å². The van der Waals surface area contributed by atoms with Crippen molar-refractivity contribution in [3.8, 4) is 6.19 Å². The molecule has 9 heteroatoms. The number of hydrogen-bond acceptors (Lipinski definition) is 7. The Kier molecular flexibility index (Phi) is 41.9. The van der Waals surface area contributed by atoms with Crippen molar-refractivity contribution in [1.82, 2.24) is 10.2 Å². The fraction of sp³-hybridized carbons (Fsp3) is 0.915. The minimum Gasteiger partial charge on any atom is -0.466 e. The Bertz CT molecular complexity index is 924. The molecular weight excluding hydrogens is 699 g/mol. The molecule has 0 saturated heterocycles. The molecule has 0 unspecified atom stereocenters. The summed E-state index contributed by atoms with van der Waals surface area (Å²) in [5.41, 5.74) is 5.71. The van der Waals surface area contributed by atoms with Gasteiger partial charge in [-0.3, -0.25) is 19.9 Å². The summed E-state index contributed by atoms with van der Waals surface area (Å²) < 4.78 is 11.5. The van der Waals surface area contributed by atoms with Gasteiger partial charge in [-0.15, -0.1) is 0 Å². The molecule has 0 atom stereocenters. The van der Waals surface area contributed by atoms with Crippen molar-refractivity contribution in [2.24, 2.45) is 10.7 Å². The highest BCUT2D eigenvalue weighted by Crippen LogP contribution is 2.18. The van der Waals surface area contributed by atoms with Crippen LogP contribution in [0.5, 0.6) is 0 Å². The van der Waals surface area contributed by atoms with E-state index in [-0.39, 0.29) is 24.0 Å². The van der Waals surface area contributed by atoms with E-state index in [1.807, 2.05) is 6.19 Å². The van der Waals surface area contributed by atoms with E-state index in [1.165, 1.54) is 122 Å². The van der Waals surface area contributed by atoms with Crippen LogP contribution in [0.2, 0.25) is 0 Å². The van der Waals surface area contributed by atoms with Gasteiger partial charge in [0.15, 0.2) is 6.19 Å². The van der Waals surface area contributed by atoms with Crippen LogP contribution < -0.4 is 11.1 Å². The van der Waals surface area contributed by atoms with E-state index in [9.17, 15) is 9.59 Å². The van der Waals surface area contributed by atoms with Gasteiger partial charge >= 0.3 is 11.9 Å². The number of aliphatic imine (C=N–C) groups is 1. The smallest absolute Gasteiger partial charge is 0.306 e. The maximum atomic E-state index is 12.8. The number of nitrogens with zero attached hydrogens (tertiary/aromatic N) is 3. The van der Waals surface area contributed by atoms with Crippen LogP contribution in [-0.2, 0) is 19.1 Å². The molecule has 9 nitrogen and oxygen atoms in total. The third-order valence-electron chi connectivity index (χ3n) is 10.9. The predicted octanol–water partition coefficient (Wildman–Crippen LogP) is 12.5. The second-order valence-electron chi connectivity index (χ2n) is 16.3. The van der Waals surface area contributed by atoms with Gasteiger partial charge in [0.1, 0.15) is 6.10 Å². The molecule has 0 fully saturated rings. The van der Waals surface area contributed by atoms with Crippen molar-refractivity contribution in [2.45, 2.75) is 245 Å². The van der Waals surface area contributed by atoms with Crippen LogP contribution >= 0.6 is 0 Å². The average Bonchev–Trinajstić information content (AvgIpc) is 3.18. The Balaban J connectivity index is 4.38. The summed E-state index contributed by atoms with van der Waals surface area (Å²) in [6.45, 7) is 10.8. The minimum atomic E-state index is -0.0581. The zero-order chi connectivity index (χ0) is 41.0. The monoisotopic (exact) mass is 790 g/mol. The lowest BCUT2D eigenvalue weighted by molar-refractivity contribution is -0.150. The molecule has 56 heavy (non-hydrogen) atoms. The van der Waals surface area contributed by atoms with Crippen molar-refractivity contribution < 1.29 is 19.1 Å². The van der Waals surface area contributed by atoms with Crippen molar-refractivity contribution in [1.29, 1.82) is 5.26 Å². The van der Waals surface area contributed by atoms with E-state index in [2.05, 4.69) is 36.0 Å². The van der Waals surface area contributed by atoms with Crippen LogP contribution in [-0.4, -0.2) is 61.7 Å². The molecule has 0 heterocycles. The first-order valence-corrected chi connectivity index (χ1v) is 24.0. The van der Waals surface area contributed by atoms with Gasteiger partial charge in [-0.2, -0.15) is 5.26 Å². The Morgan fingerprint density at radius 2 is 0.982 bits per heavy atom. The molecule has 0 rings (SSSR count). The maximum absolute atomic E-state index is 12.8. The number of nitrogens with two attached hydrogens (primary N) is 1. The highest BCUT2D eigenvalue weighted by Gasteiger charge is 2.14. The molecule has 328 valence electrons. The number of ether oxygens (including phenoxy) is 2. The van der Waals surface area contributed by atoms with Gasteiger partial charge in [-0.1, -0.05) is 162 Å². The van der Waals surface area contributed by atoms with Gasteiger partial charge in [-0.05, 0) is 83.8 Å². The van der Waals surface area contributed by atoms with E-state index in [4.69, 9.17) is 20.5 Å². The average molecular weight is 790 g/mol. The zero-order valence-electron chi connectivity index (χ0n) is 37.2. The lowest BCUT2D eigenvalue weighted by Crippen LogP contribution is -2.29. The molecule has 0 aromatic carbocycles. The van der Waals surface area contributed by atoms with Crippen molar-refractivity contribution in [3.05, 3.63) is 0 Å². The normalized spacial score (nSPS) is 11.7. The lowest BCUT2D eigenvalue weighted by Gasteiger charge is -2.22. The van der Waals surface area contributed by atoms with Crippen LogP contribution in [0.1, 0.15) is 239 Å². The number of carbonyl (C=O) groups is 2. The van der Waals surface area contributed by atoms with Crippen LogP contribution in [0, 0.1) is 11.5 Å². The van der Waals surface area contributed by atoms with Crippen molar-refractivity contribution in [3.63, 3.8) is 0 Å². The van der Waals surface area contributed by atoms with Gasteiger partial charge in [0.05, 0.1) is 6.61 Å². The first-order chi connectivity index (χ1) is 27.5. The largest absolute Gasteiger partial charge is 0.466 e. The predicted molar refractivity (Wildman–Crippen MR) is 237 cm³/mol. The number of esters is 2. The molecule has 0 aromatic rings. The Morgan fingerprint density at radius 3 is 1.50 bits per heavy atom. The highest BCUT2D eigenvalue weighted by atomic mass is 16.5. The fourth-order valence-electron chi connectivity index (χ4n) is 7.33. The topological polar surface area (TPSA) is 130 Å². The van der Waals surface area contributed by atoms with Crippen LogP contribution in [0.4, 0.5) is 0 Å². The molecule has 0 amide bonds. The second kappa shape index (κ2) is 43.8. The number of nitriles is 1. The maximum Gasteiger partial charge on any atom is 0.306 e. The summed E-state index contributed by atoms with van der Waals surface area (Å²) in [7, 11) is 0. The summed E-state index contributed by atoms with van der Waals surface area (Å²) in [6.07, 6.45) is 40.8. The third kappa shape index (κ3) is 39.9. The molecule has 0 bridgehead atoms. The third-order valence-corrected chi connectivity index (χ3v) is 10.9. The Hall–Kier alpha value is -2.34. The van der Waals surface area contributed by atoms with Gasteiger partial charge in [0.25, 0.3) is 0 Å². The molecule has 0 aliphatic heterocycles. The molecule has 3 N–H and O–H groups in total. The van der Waals surface area contributed by atoms with E-state index in [0.717, 1.165) is 103 Å². The first-order valence-electron chi connectivity index (χ1n) is 24.0. The SMILES string of the molecule is CCCCCCCCCCCOC(=O)CCCCCN(CCCCCCCC(=O)OC(CCCCCCCC)CCCCCCCC)CCCN=C(N)NC#N. The molecule has 0 aromatic heterocycles. The fourth-order valence-corrected chi connectivity index (χ4v) is 7.33. The van der Waals surface area contributed by atoms with Crippen LogP contribution in [0.15, 0.2) is 4.99 Å². The van der Waals surface area contributed by atoms with Gasteiger partial charge in [0.2, 0.25) is 5.96 Å². The first kappa shape index (κ1) is 53.7. The summed E-state index contributed by atoms with van der Waals surface area (Å²) in [4.78, 5) is 31.8. The standard InChI is InChI=1S/C47H91N5O4/c1-4-7-10-13-16-17-18-24-32-42-55-45(53)36-29-25-31-40-52(41-33-38-50-47(49)51-43-48)39-30-23-19-22-28-37-46(54)56-44(34-26-20-14-11-8-5-2)35-27-21-15-12-9-6-3/h44H,4-42H2,1-3H3,(H3,49,50,51). The molecule has 0 aliphatic carbocycles. The summed E-state index contributed by atoms with van der Waals surface area (Å²) in [5.74, 6) is 0.106. The molecule has 0 aliphatic rings. The molecular formula is C47H91N5O4. The number of guanidine groups is 1. The molecule has 0 radical (unpaired) electrons. The number of rotatable bonds is 43.